The molecule has 0 spiro atoms. The van der Waals surface area contributed by atoms with Gasteiger partial charge in [-0.15, -0.1) is 0 Å². The number of hydrogen-bond acceptors (Lipinski definition) is 3. The monoisotopic (exact) mass is 343 g/mol. The van der Waals surface area contributed by atoms with Gasteiger partial charge in [0.25, 0.3) is 0 Å². The Morgan fingerprint density at radius 3 is 2.45 bits per heavy atom. The van der Waals surface area contributed by atoms with Crippen LogP contribution in [-0.2, 0) is 6.61 Å². The molecule has 0 bridgehead atoms. The van der Waals surface area contributed by atoms with Crippen LogP contribution in [-0.4, -0.2) is 4.92 Å². The summed E-state index contributed by atoms with van der Waals surface area (Å²) in [5, 5.41) is 10.6. The van der Waals surface area contributed by atoms with E-state index in [1.165, 1.54) is 0 Å². The molecule has 20 heavy (non-hydrogen) atoms. The van der Waals surface area contributed by atoms with Gasteiger partial charge in [-0.3, -0.25) is 10.1 Å². The maximum atomic E-state index is 13.8. The lowest BCUT2D eigenvalue weighted by Crippen LogP contribution is -2.02. The van der Waals surface area contributed by atoms with Gasteiger partial charge in [0.15, 0.2) is 5.75 Å². The molecule has 0 aromatic heterocycles. The fraction of sp³-hybridized carbons (Fsp3) is 0.0769. The molecule has 0 saturated carbocycles. The first-order valence-electron chi connectivity index (χ1n) is 5.49. The molecule has 0 N–H and O–H groups in total. The van der Waals surface area contributed by atoms with E-state index in [-0.39, 0.29) is 11.1 Å². The molecule has 4 nitrogen and oxygen atoms in total. The summed E-state index contributed by atoms with van der Waals surface area (Å²) >= 11 is 2.94. The zero-order valence-corrected chi connectivity index (χ0v) is 11.6. The summed E-state index contributed by atoms with van der Waals surface area (Å²) in [4.78, 5) is 9.56. The van der Waals surface area contributed by atoms with Gasteiger partial charge in [-0.25, -0.2) is 0 Å². The van der Waals surface area contributed by atoms with Crippen molar-refractivity contribution in [1.82, 2.24) is 0 Å². The Bertz CT molecular complexity index is 650. The molecule has 7 heteroatoms. The lowest BCUT2D eigenvalue weighted by molar-refractivity contribution is -0.387. The van der Waals surface area contributed by atoms with E-state index in [4.69, 9.17) is 4.74 Å². The SMILES string of the molecule is O=[N+]([O-])c1cc(Br)c(OCc2ccccc2)c(F)c1F. The van der Waals surface area contributed by atoms with Crippen LogP contribution < -0.4 is 4.74 Å². The predicted octanol–water partition coefficient (Wildman–Crippen LogP) is 4.21. The van der Waals surface area contributed by atoms with E-state index in [9.17, 15) is 18.9 Å². The average molecular weight is 344 g/mol. The van der Waals surface area contributed by atoms with Crippen LogP contribution in [0.25, 0.3) is 0 Å². The first-order valence-corrected chi connectivity index (χ1v) is 6.28. The van der Waals surface area contributed by atoms with E-state index in [1.807, 2.05) is 6.07 Å². The molecule has 0 amide bonds. The summed E-state index contributed by atoms with van der Waals surface area (Å²) in [6, 6.07) is 9.76. The Labute approximate surface area is 121 Å². The first-order chi connectivity index (χ1) is 9.50. The fourth-order valence-electron chi connectivity index (χ4n) is 1.56. The van der Waals surface area contributed by atoms with Gasteiger partial charge in [0.1, 0.15) is 6.61 Å². The molecule has 0 atom stereocenters. The van der Waals surface area contributed by atoms with Gasteiger partial charge in [0.2, 0.25) is 11.6 Å². The van der Waals surface area contributed by atoms with Gasteiger partial charge in [0.05, 0.1) is 9.40 Å². The van der Waals surface area contributed by atoms with E-state index in [0.717, 1.165) is 11.6 Å². The van der Waals surface area contributed by atoms with Gasteiger partial charge < -0.3 is 4.74 Å². The van der Waals surface area contributed by atoms with Crippen LogP contribution in [0, 0.1) is 21.7 Å². The molecule has 0 aliphatic carbocycles. The Morgan fingerprint density at radius 1 is 1.20 bits per heavy atom. The second kappa shape index (κ2) is 5.96. The third-order valence-electron chi connectivity index (χ3n) is 2.52. The first kappa shape index (κ1) is 14.4. The maximum absolute atomic E-state index is 13.8. The van der Waals surface area contributed by atoms with Crippen LogP contribution in [0.3, 0.4) is 0 Å². The smallest absolute Gasteiger partial charge is 0.309 e. The van der Waals surface area contributed by atoms with Crippen LogP contribution in [0.4, 0.5) is 14.5 Å². The molecule has 0 radical (unpaired) electrons. The molecule has 0 fully saturated rings. The van der Waals surface area contributed by atoms with Gasteiger partial charge in [-0.05, 0) is 21.5 Å². The lowest BCUT2D eigenvalue weighted by atomic mass is 10.2. The van der Waals surface area contributed by atoms with E-state index >= 15 is 0 Å². The Balaban J connectivity index is 2.29. The Hall–Kier alpha value is -2.02. The second-order valence-electron chi connectivity index (χ2n) is 3.87. The van der Waals surface area contributed by atoms with Crippen LogP contribution in [0.5, 0.6) is 5.75 Å². The summed E-state index contributed by atoms with van der Waals surface area (Å²) in [5.41, 5.74) is -0.181. The topological polar surface area (TPSA) is 52.4 Å². The minimum Gasteiger partial charge on any atom is -0.485 e. The number of ether oxygens (including phenoxy) is 1. The Kier molecular flexibility index (Phi) is 4.29. The van der Waals surface area contributed by atoms with Crippen molar-refractivity contribution in [3.8, 4) is 5.75 Å². The highest BCUT2D eigenvalue weighted by molar-refractivity contribution is 9.10. The number of benzene rings is 2. The highest BCUT2D eigenvalue weighted by Crippen LogP contribution is 2.35. The molecule has 2 rings (SSSR count). The molecule has 104 valence electrons. The second-order valence-corrected chi connectivity index (χ2v) is 4.72. The minimum absolute atomic E-state index is 0.0148. The van der Waals surface area contributed by atoms with Crippen molar-refractivity contribution in [3.63, 3.8) is 0 Å². The molecule has 0 unspecified atom stereocenters. The standard InChI is InChI=1S/C13H8BrF2NO3/c14-9-6-10(17(18)19)11(15)12(16)13(9)20-7-8-4-2-1-3-5-8/h1-6H,7H2. The molecule has 2 aromatic carbocycles. The highest BCUT2D eigenvalue weighted by atomic mass is 79.9. The van der Waals surface area contributed by atoms with Crippen molar-refractivity contribution in [2.24, 2.45) is 0 Å². The number of halogens is 3. The van der Waals surface area contributed by atoms with Crippen molar-refractivity contribution in [1.29, 1.82) is 0 Å². The largest absolute Gasteiger partial charge is 0.485 e. The van der Waals surface area contributed by atoms with Crippen LogP contribution in [0.15, 0.2) is 40.9 Å². The lowest BCUT2D eigenvalue weighted by Gasteiger charge is -2.10. The van der Waals surface area contributed by atoms with Crippen LogP contribution in [0.2, 0.25) is 0 Å². The summed E-state index contributed by atoms with van der Waals surface area (Å²) in [6.07, 6.45) is 0. The number of rotatable bonds is 4. The van der Waals surface area contributed by atoms with Crippen LogP contribution in [0.1, 0.15) is 5.56 Å². The van der Waals surface area contributed by atoms with Gasteiger partial charge in [-0.1, -0.05) is 30.3 Å². The normalized spacial score (nSPS) is 10.3. The summed E-state index contributed by atoms with van der Waals surface area (Å²) in [6.45, 7) is 0.0214. The maximum Gasteiger partial charge on any atom is 0.309 e. The Morgan fingerprint density at radius 2 is 1.85 bits per heavy atom. The number of hydrogen-bond donors (Lipinski definition) is 0. The molecule has 0 heterocycles. The highest BCUT2D eigenvalue weighted by Gasteiger charge is 2.25. The average Bonchev–Trinajstić information content (AvgIpc) is 2.43. The van der Waals surface area contributed by atoms with Crippen molar-refractivity contribution in [2.75, 3.05) is 0 Å². The minimum atomic E-state index is -1.54. The van der Waals surface area contributed by atoms with Crippen molar-refractivity contribution >= 4 is 21.6 Å². The molecule has 0 saturated heterocycles. The zero-order chi connectivity index (χ0) is 14.7. The third-order valence-corrected chi connectivity index (χ3v) is 3.11. The quantitative estimate of drug-likeness (QED) is 0.474. The van der Waals surface area contributed by atoms with Gasteiger partial charge in [0, 0.05) is 6.07 Å². The summed E-state index contributed by atoms with van der Waals surface area (Å²) in [5.74, 6) is -3.32. The van der Waals surface area contributed by atoms with E-state index in [1.54, 1.807) is 24.3 Å². The van der Waals surface area contributed by atoms with E-state index < -0.39 is 28.0 Å². The van der Waals surface area contributed by atoms with Crippen LogP contribution >= 0.6 is 15.9 Å². The van der Waals surface area contributed by atoms with Crippen molar-refractivity contribution in [3.05, 3.63) is 68.2 Å². The predicted molar refractivity (Wildman–Crippen MR) is 71.5 cm³/mol. The number of nitro benzene ring substituents is 1. The molecule has 0 aliphatic heterocycles. The molecule has 2 aromatic rings. The molecule has 0 aliphatic rings. The zero-order valence-electron chi connectivity index (χ0n) is 9.98. The van der Waals surface area contributed by atoms with Gasteiger partial charge in [-0.2, -0.15) is 8.78 Å². The van der Waals surface area contributed by atoms with E-state index in [2.05, 4.69) is 15.9 Å². The summed E-state index contributed by atoms with van der Waals surface area (Å²) in [7, 11) is 0. The van der Waals surface area contributed by atoms with Crippen molar-refractivity contribution < 1.29 is 18.4 Å². The third kappa shape index (κ3) is 2.93. The summed E-state index contributed by atoms with van der Waals surface area (Å²) < 4.78 is 32.4. The molecular weight excluding hydrogens is 336 g/mol. The number of nitro groups is 1. The molecular formula is C13H8BrF2NO3. The number of nitrogens with zero attached hydrogens (tertiary/aromatic N) is 1. The van der Waals surface area contributed by atoms with Crippen molar-refractivity contribution in [2.45, 2.75) is 6.61 Å². The fourth-order valence-corrected chi connectivity index (χ4v) is 2.07. The van der Waals surface area contributed by atoms with Gasteiger partial charge >= 0.3 is 5.69 Å². The van der Waals surface area contributed by atoms with E-state index in [0.29, 0.717) is 0 Å².